The zero-order chi connectivity index (χ0) is 17.8. The molecule has 3 rings (SSSR count). The lowest BCUT2D eigenvalue weighted by Gasteiger charge is -2.08. The second-order valence-electron chi connectivity index (χ2n) is 5.88. The molecule has 0 spiro atoms. The maximum atomic E-state index is 11.9. The number of aromatic nitrogens is 2. The molecule has 2 aromatic heterocycles. The van der Waals surface area contributed by atoms with E-state index in [-0.39, 0.29) is 11.7 Å². The van der Waals surface area contributed by atoms with Gasteiger partial charge in [0.2, 0.25) is 0 Å². The largest absolute Gasteiger partial charge is 0.465 e. The molecule has 4 nitrogen and oxygen atoms in total. The fourth-order valence-corrected chi connectivity index (χ4v) is 4.28. The molecule has 3 aromatic rings. The first-order chi connectivity index (χ1) is 12.0. The van der Waals surface area contributed by atoms with E-state index in [1.165, 1.54) is 11.8 Å². The summed E-state index contributed by atoms with van der Waals surface area (Å²) in [6, 6.07) is 8.14. The van der Waals surface area contributed by atoms with Gasteiger partial charge in [-0.05, 0) is 23.6 Å². The molecule has 0 atom stereocenters. The summed E-state index contributed by atoms with van der Waals surface area (Å²) in [7, 11) is 0. The second kappa shape index (κ2) is 8.29. The number of ether oxygens (including phenoxy) is 1. The maximum Gasteiger partial charge on any atom is 0.316 e. The van der Waals surface area contributed by atoms with Crippen LogP contribution in [0.3, 0.4) is 0 Å². The van der Waals surface area contributed by atoms with Crippen LogP contribution in [-0.4, -0.2) is 28.3 Å². The molecular formula is C18H17BrN2O2S2. The van der Waals surface area contributed by atoms with Crippen LogP contribution in [-0.2, 0) is 9.53 Å². The minimum Gasteiger partial charge on any atom is -0.465 e. The van der Waals surface area contributed by atoms with E-state index in [0.29, 0.717) is 12.5 Å². The van der Waals surface area contributed by atoms with Crippen LogP contribution < -0.4 is 0 Å². The average Bonchev–Trinajstić information content (AvgIpc) is 3.03. The molecule has 0 aliphatic carbocycles. The van der Waals surface area contributed by atoms with Crippen molar-refractivity contribution in [1.29, 1.82) is 0 Å². The van der Waals surface area contributed by atoms with Crippen molar-refractivity contribution in [3.63, 3.8) is 0 Å². The smallest absolute Gasteiger partial charge is 0.316 e. The molecule has 0 unspecified atom stereocenters. The highest BCUT2D eigenvalue weighted by molar-refractivity contribution is 9.10. The van der Waals surface area contributed by atoms with E-state index in [9.17, 15) is 4.79 Å². The summed E-state index contributed by atoms with van der Waals surface area (Å²) in [6.07, 6.45) is 1.55. The van der Waals surface area contributed by atoms with Gasteiger partial charge in [0.1, 0.15) is 16.2 Å². The van der Waals surface area contributed by atoms with Crippen LogP contribution in [0.5, 0.6) is 0 Å². The first kappa shape index (κ1) is 18.4. The number of thioether (sulfide) groups is 1. The van der Waals surface area contributed by atoms with Crippen molar-refractivity contribution in [1.82, 2.24) is 9.97 Å². The van der Waals surface area contributed by atoms with E-state index in [2.05, 4.69) is 43.4 Å². The highest BCUT2D eigenvalue weighted by Crippen LogP contribution is 2.38. The third-order valence-corrected chi connectivity index (χ3v) is 5.77. The van der Waals surface area contributed by atoms with E-state index < -0.39 is 0 Å². The molecule has 1 aromatic carbocycles. The van der Waals surface area contributed by atoms with Crippen molar-refractivity contribution in [2.75, 3.05) is 12.4 Å². The Kier molecular flexibility index (Phi) is 6.09. The van der Waals surface area contributed by atoms with E-state index >= 15 is 0 Å². The number of carbonyl (C=O) groups is 1. The van der Waals surface area contributed by atoms with Gasteiger partial charge in [-0.25, -0.2) is 9.97 Å². The number of hydrogen-bond donors (Lipinski definition) is 0. The first-order valence-electron chi connectivity index (χ1n) is 7.81. The summed E-state index contributed by atoms with van der Waals surface area (Å²) < 4.78 is 6.28. The average molecular weight is 437 g/mol. The van der Waals surface area contributed by atoms with E-state index in [1.807, 2.05) is 26.0 Å². The van der Waals surface area contributed by atoms with E-state index in [0.717, 1.165) is 30.8 Å². The third kappa shape index (κ3) is 4.59. The summed E-state index contributed by atoms with van der Waals surface area (Å²) in [5.41, 5.74) is 2.19. The minimum atomic E-state index is -0.217. The number of carbonyl (C=O) groups excluding carboxylic acids is 1. The minimum absolute atomic E-state index is 0.217. The van der Waals surface area contributed by atoms with Crippen molar-refractivity contribution in [3.8, 4) is 11.1 Å². The Labute approximate surface area is 163 Å². The lowest BCUT2D eigenvalue weighted by Crippen LogP contribution is -2.11. The Bertz CT molecular complexity index is 878. The quantitative estimate of drug-likeness (QED) is 0.293. The molecule has 25 heavy (non-hydrogen) atoms. The molecule has 0 fully saturated rings. The van der Waals surface area contributed by atoms with Crippen LogP contribution in [0.25, 0.3) is 21.3 Å². The molecule has 0 aliphatic heterocycles. The molecule has 0 amide bonds. The van der Waals surface area contributed by atoms with Gasteiger partial charge >= 0.3 is 5.97 Å². The summed E-state index contributed by atoms with van der Waals surface area (Å²) in [4.78, 5) is 21.6. The predicted molar refractivity (Wildman–Crippen MR) is 107 cm³/mol. The van der Waals surface area contributed by atoms with Gasteiger partial charge in [-0.15, -0.1) is 11.3 Å². The Hall–Kier alpha value is -1.44. The Morgan fingerprint density at radius 2 is 2.04 bits per heavy atom. The van der Waals surface area contributed by atoms with Gasteiger partial charge < -0.3 is 4.74 Å². The topological polar surface area (TPSA) is 52.1 Å². The second-order valence-corrected chi connectivity index (χ2v) is 8.62. The molecule has 0 N–H and O–H groups in total. The van der Waals surface area contributed by atoms with Crippen molar-refractivity contribution in [2.24, 2.45) is 5.92 Å². The van der Waals surface area contributed by atoms with Crippen LogP contribution in [0.1, 0.15) is 13.8 Å². The molecule has 0 saturated heterocycles. The molecule has 0 radical (unpaired) electrons. The highest BCUT2D eigenvalue weighted by Gasteiger charge is 2.15. The number of esters is 1. The highest BCUT2D eigenvalue weighted by atomic mass is 79.9. The normalized spacial score (nSPS) is 11.2. The lowest BCUT2D eigenvalue weighted by atomic mass is 10.1. The summed E-state index contributed by atoms with van der Waals surface area (Å²) in [5, 5.41) is 3.89. The van der Waals surface area contributed by atoms with Crippen LogP contribution in [0.4, 0.5) is 0 Å². The molecule has 0 aliphatic rings. The summed E-state index contributed by atoms with van der Waals surface area (Å²) in [6.45, 7) is 4.48. The van der Waals surface area contributed by atoms with Gasteiger partial charge in [-0.3, -0.25) is 4.79 Å². The van der Waals surface area contributed by atoms with Crippen LogP contribution >= 0.6 is 39.0 Å². The van der Waals surface area contributed by atoms with Crippen LogP contribution in [0, 0.1) is 5.92 Å². The first-order valence-corrected chi connectivity index (χ1v) is 10.5. The number of rotatable bonds is 6. The fraction of sp³-hybridized carbons (Fsp3) is 0.278. The zero-order valence-electron chi connectivity index (χ0n) is 13.9. The van der Waals surface area contributed by atoms with Crippen molar-refractivity contribution in [2.45, 2.75) is 18.9 Å². The molecular weight excluding hydrogens is 420 g/mol. The lowest BCUT2D eigenvalue weighted by molar-refractivity contribution is -0.141. The number of fused-ring (bicyclic) bond motifs is 1. The SMILES string of the molecule is CC(C)COC(=O)CSc1ncnc2scc(-c3ccc(Br)cc3)c12. The van der Waals surface area contributed by atoms with Crippen LogP contribution in [0.2, 0.25) is 0 Å². The predicted octanol–water partition coefficient (Wildman–Crippen LogP) is 5.41. The Morgan fingerprint density at radius 3 is 2.76 bits per heavy atom. The van der Waals surface area contributed by atoms with Gasteiger partial charge in [0.25, 0.3) is 0 Å². The van der Waals surface area contributed by atoms with E-state index in [4.69, 9.17) is 4.74 Å². The van der Waals surface area contributed by atoms with E-state index in [1.54, 1.807) is 17.7 Å². The van der Waals surface area contributed by atoms with Gasteiger partial charge in [-0.1, -0.05) is 53.7 Å². The number of thiophene rings is 1. The number of halogens is 1. The molecule has 7 heteroatoms. The summed E-state index contributed by atoms with van der Waals surface area (Å²) >= 11 is 6.44. The summed E-state index contributed by atoms with van der Waals surface area (Å²) in [5.74, 6) is 0.362. The Morgan fingerprint density at radius 1 is 1.28 bits per heavy atom. The third-order valence-electron chi connectivity index (χ3n) is 3.40. The van der Waals surface area contributed by atoms with Gasteiger partial charge in [0, 0.05) is 15.4 Å². The Balaban J connectivity index is 1.85. The zero-order valence-corrected chi connectivity index (χ0v) is 17.1. The van der Waals surface area contributed by atoms with Gasteiger partial charge in [-0.2, -0.15) is 0 Å². The maximum absolute atomic E-state index is 11.9. The fourth-order valence-electron chi connectivity index (χ4n) is 2.23. The van der Waals surface area contributed by atoms with Gasteiger partial charge in [0.05, 0.1) is 17.7 Å². The number of nitrogens with zero attached hydrogens (tertiary/aromatic N) is 2. The molecule has 2 heterocycles. The monoisotopic (exact) mass is 436 g/mol. The molecule has 130 valence electrons. The number of hydrogen-bond acceptors (Lipinski definition) is 6. The van der Waals surface area contributed by atoms with Crippen molar-refractivity contribution >= 4 is 55.2 Å². The number of benzene rings is 1. The van der Waals surface area contributed by atoms with Crippen LogP contribution in [0.15, 0.2) is 45.5 Å². The standard InChI is InChI=1S/C18H17BrN2O2S2/c1-11(2)7-23-15(22)9-25-18-16-14(8-24-17(16)20-10-21-18)12-3-5-13(19)6-4-12/h3-6,8,10-11H,7,9H2,1-2H3. The molecule has 0 bridgehead atoms. The van der Waals surface area contributed by atoms with Gasteiger partial charge in [0.15, 0.2) is 0 Å². The van der Waals surface area contributed by atoms with Crippen molar-refractivity contribution in [3.05, 3.63) is 40.4 Å². The molecule has 0 saturated carbocycles. The van der Waals surface area contributed by atoms with Crippen molar-refractivity contribution < 1.29 is 9.53 Å².